The van der Waals surface area contributed by atoms with E-state index in [-0.39, 0.29) is 0 Å². The molecule has 0 radical (unpaired) electrons. The molecule has 1 aliphatic rings. The number of benzene rings is 1. The minimum Gasteiger partial charge on any atom is -0.463 e. The number of rotatable bonds is 6. The van der Waals surface area contributed by atoms with Crippen LogP contribution >= 0.6 is 0 Å². The van der Waals surface area contributed by atoms with Crippen molar-refractivity contribution in [2.45, 2.75) is 32.1 Å². The van der Waals surface area contributed by atoms with Crippen LogP contribution < -0.4 is 5.32 Å². The molecule has 0 fully saturated rings. The summed E-state index contributed by atoms with van der Waals surface area (Å²) < 4.78 is 91.8. The number of halogens is 6. The molecule has 0 aromatic heterocycles. The van der Waals surface area contributed by atoms with Crippen molar-refractivity contribution < 1.29 is 50.3 Å². The van der Waals surface area contributed by atoms with Crippen LogP contribution in [0.1, 0.15) is 25.3 Å². The van der Waals surface area contributed by atoms with E-state index in [4.69, 9.17) is 0 Å². The van der Waals surface area contributed by atoms with Crippen molar-refractivity contribution in [1.29, 1.82) is 0 Å². The fourth-order valence-electron chi connectivity index (χ4n) is 3.12. The van der Waals surface area contributed by atoms with Gasteiger partial charge in [0, 0.05) is 12.1 Å². The summed E-state index contributed by atoms with van der Waals surface area (Å²) in [5.74, 6) is -5.52. The number of hydrogen-bond acceptors (Lipinski definition) is 7. The quantitative estimate of drug-likeness (QED) is 0.282. The SMILES string of the molecule is CCOC(=O)C1=C(C(F)(F)F)NC(C(F)(F)F)=C(C(=O)OCC)C1c1ccc([N+](=O)[O-])cc1. The van der Waals surface area contributed by atoms with Gasteiger partial charge in [0.1, 0.15) is 11.4 Å². The molecule has 180 valence electrons. The molecular weight excluding hydrogens is 466 g/mol. The third-order valence-corrected chi connectivity index (χ3v) is 4.36. The van der Waals surface area contributed by atoms with E-state index < -0.39 is 82.1 Å². The van der Waals surface area contributed by atoms with Crippen LogP contribution in [0.4, 0.5) is 32.0 Å². The summed E-state index contributed by atoms with van der Waals surface area (Å²) in [6.07, 6.45) is -11.0. The largest absolute Gasteiger partial charge is 0.463 e. The fraction of sp³-hybridized carbons (Fsp3) is 0.368. The average molecular weight is 482 g/mol. The highest BCUT2D eigenvalue weighted by molar-refractivity contribution is 6.00. The summed E-state index contributed by atoms with van der Waals surface area (Å²) >= 11 is 0. The molecule has 14 heteroatoms. The maximum atomic E-state index is 13.8. The molecule has 0 saturated heterocycles. The Morgan fingerprint density at radius 2 is 1.30 bits per heavy atom. The molecule has 1 aromatic carbocycles. The number of nitro groups is 1. The molecule has 0 bridgehead atoms. The first-order chi connectivity index (χ1) is 15.2. The molecule has 33 heavy (non-hydrogen) atoms. The van der Waals surface area contributed by atoms with Crippen LogP contribution in [0.2, 0.25) is 0 Å². The Labute approximate surface area is 182 Å². The van der Waals surface area contributed by atoms with Crippen molar-refractivity contribution in [1.82, 2.24) is 5.32 Å². The molecule has 2 rings (SSSR count). The van der Waals surface area contributed by atoms with E-state index in [0.29, 0.717) is 0 Å². The predicted octanol–water partition coefficient (Wildman–Crippen LogP) is 4.04. The van der Waals surface area contributed by atoms with E-state index in [9.17, 15) is 46.0 Å². The summed E-state index contributed by atoms with van der Waals surface area (Å²) in [5.41, 5.74) is -7.77. The van der Waals surface area contributed by atoms with Crippen LogP contribution in [-0.4, -0.2) is 42.4 Å². The average Bonchev–Trinajstić information content (AvgIpc) is 2.71. The van der Waals surface area contributed by atoms with E-state index in [0.717, 1.165) is 29.6 Å². The van der Waals surface area contributed by atoms with Crippen molar-refractivity contribution in [3.8, 4) is 0 Å². The van der Waals surface area contributed by atoms with Crippen molar-refractivity contribution in [2.24, 2.45) is 0 Å². The maximum absolute atomic E-state index is 13.8. The number of carbonyl (C=O) groups is 2. The van der Waals surface area contributed by atoms with Gasteiger partial charge in [-0.3, -0.25) is 10.1 Å². The Morgan fingerprint density at radius 1 is 0.909 bits per heavy atom. The van der Waals surface area contributed by atoms with Gasteiger partial charge in [-0.2, -0.15) is 26.3 Å². The first kappa shape index (κ1) is 25.7. The Morgan fingerprint density at radius 3 is 1.61 bits per heavy atom. The number of nitrogens with zero attached hydrogens (tertiary/aromatic N) is 1. The zero-order valence-electron chi connectivity index (χ0n) is 17.0. The van der Waals surface area contributed by atoms with Crippen LogP contribution in [0.5, 0.6) is 0 Å². The summed E-state index contributed by atoms with van der Waals surface area (Å²) in [5, 5.41) is 12.0. The van der Waals surface area contributed by atoms with Crippen molar-refractivity contribution in [3.63, 3.8) is 0 Å². The number of alkyl halides is 6. The second-order valence-corrected chi connectivity index (χ2v) is 6.42. The number of carbonyl (C=O) groups excluding carboxylic acids is 2. The molecule has 0 spiro atoms. The molecule has 1 aliphatic heterocycles. The van der Waals surface area contributed by atoms with Crippen LogP contribution in [0, 0.1) is 10.1 Å². The molecule has 1 aromatic rings. The third-order valence-electron chi connectivity index (χ3n) is 4.36. The summed E-state index contributed by atoms with van der Waals surface area (Å²) in [6.45, 7) is 1.66. The molecule has 0 atom stereocenters. The lowest BCUT2D eigenvalue weighted by atomic mass is 9.79. The van der Waals surface area contributed by atoms with Crippen molar-refractivity contribution in [2.75, 3.05) is 13.2 Å². The fourth-order valence-corrected chi connectivity index (χ4v) is 3.12. The Bertz CT molecular complexity index is 959. The van der Waals surface area contributed by atoms with E-state index in [1.165, 1.54) is 13.8 Å². The van der Waals surface area contributed by atoms with Crippen molar-refractivity contribution in [3.05, 3.63) is 62.5 Å². The topological polar surface area (TPSA) is 108 Å². The zero-order chi connectivity index (χ0) is 25.1. The smallest absolute Gasteiger partial charge is 0.431 e. The number of hydrogen-bond donors (Lipinski definition) is 1. The van der Waals surface area contributed by atoms with Crippen LogP contribution in [-0.2, 0) is 19.1 Å². The van der Waals surface area contributed by atoms with Crippen molar-refractivity contribution >= 4 is 17.6 Å². The molecule has 8 nitrogen and oxygen atoms in total. The first-order valence-corrected chi connectivity index (χ1v) is 9.22. The highest BCUT2D eigenvalue weighted by Gasteiger charge is 2.53. The van der Waals surface area contributed by atoms with Gasteiger partial charge in [-0.1, -0.05) is 12.1 Å². The predicted molar refractivity (Wildman–Crippen MR) is 98.4 cm³/mol. The number of non-ortho nitro benzene ring substituents is 1. The monoisotopic (exact) mass is 482 g/mol. The zero-order valence-corrected chi connectivity index (χ0v) is 17.0. The normalized spacial score (nSPS) is 15.3. The van der Waals surface area contributed by atoms with Gasteiger partial charge in [-0.25, -0.2) is 9.59 Å². The Hall–Kier alpha value is -3.58. The minimum absolute atomic E-state index is 0.426. The first-order valence-electron chi connectivity index (χ1n) is 9.22. The Balaban J connectivity index is 2.95. The van der Waals surface area contributed by atoms with E-state index in [1.54, 1.807) is 0 Å². The van der Waals surface area contributed by atoms with E-state index in [1.807, 2.05) is 0 Å². The number of nitro benzene ring substituents is 1. The van der Waals surface area contributed by atoms with Gasteiger partial charge in [0.05, 0.1) is 35.2 Å². The molecule has 0 saturated carbocycles. The highest BCUT2D eigenvalue weighted by atomic mass is 19.4. The van der Waals surface area contributed by atoms with Crippen LogP contribution in [0.25, 0.3) is 0 Å². The van der Waals surface area contributed by atoms with Crippen LogP contribution in [0.15, 0.2) is 46.8 Å². The lowest BCUT2D eigenvalue weighted by Crippen LogP contribution is -2.43. The summed E-state index contributed by atoms with van der Waals surface area (Å²) in [7, 11) is 0. The second kappa shape index (κ2) is 9.50. The lowest BCUT2D eigenvalue weighted by molar-refractivity contribution is -0.384. The van der Waals surface area contributed by atoms with E-state index >= 15 is 0 Å². The maximum Gasteiger partial charge on any atom is 0.431 e. The van der Waals surface area contributed by atoms with Gasteiger partial charge in [0.15, 0.2) is 0 Å². The summed E-state index contributed by atoms with van der Waals surface area (Å²) in [6, 6.07) is 3.30. The molecule has 0 amide bonds. The second-order valence-electron chi connectivity index (χ2n) is 6.42. The van der Waals surface area contributed by atoms with Crippen LogP contribution in [0.3, 0.4) is 0 Å². The third kappa shape index (κ3) is 5.43. The van der Waals surface area contributed by atoms with Gasteiger partial charge in [-0.05, 0) is 19.4 Å². The molecular formula is C19H16F6N2O6. The number of ether oxygens (including phenoxy) is 2. The minimum atomic E-state index is -5.49. The van der Waals surface area contributed by atoms with Gasteiger partial charge in [-0.15, -0.1) is 0 Å². The molecule has 1 heterocycles. The molecule has 0 aliphatic carbocycles. The molecule has 1 N–H and O–H groups in total. The summed E-state index contributed by atoms with van der Waals surface area (Å²) in [4.78, 5) is 35.1. The van der Waals surface area contributed by atoms with Gasteiger partial charge >= 0.3 is 24.3 Å². The number of allylic oxidation sites excluding steroid dienone is 2. The van der Waals surface area contributed by atoms with Gasteiger partial charge in [0.25, 0.3) is 5.69 Å². The number of esters is 2. The highest BCUT2D eigenvalue weighted by Crippen LogP contribution is 2.46. The number of nitrogens with one attached hydrogen (secondary N) is 1. The molecule has 0 unspecified atom stereocenters. The van der Waals surface area contributed by atoms with Gasteiger partial charge in [0.2, 0.25) is 0 Å². The standard InChI is InChI=1S/C19H16F6N2O6/c1-3-32-16(28)12-11(9-5-7-10(8-6-9)27(30)31)13(17(29)33-4-2)15(19(23,24)25)26-14(12)18(20,21)22/h5-8,11,26H,3-4H2,1-2H3. The Kier molecular flexibility index (Phi) is 7.39. The van der Waals surface area contributed by atoms with E-state index in [2.05, 4.69) is 9.47 Å². The number of dihydropyridines is 1. The van der Waals surface area contributed by atoms with Gasteiger partial charge < -0.3 is 14.8 Å². The lowest BCUT2D eigenvalue weighted by Gasteiger charge is -2.33.